The second-order valence-electron chi connectivity index (χ2n) is 9.04. The van der Waals surface area contributed by atoms with Gasteiger partial charge < -0.3 is 16.2 Å². The van der Waals surface area contributed by atoms with Gasteiger partial charge in [-0.05, 0) is 37.5 Å². The van der Waals surface area contributed by atoms with E-state index in [9.17, 15) is 19.2 Å². The minimum absolute atomic E-state index is 0.00986. The standard InChI is InChI=1S/C15H24N2O3.C6H13NO2/c1-10(2)5-7-16-13(18)6-8-17-14(19)9-12(15(17)20)11-3-4-11;1-6(2,3-4-8)5(7)9/h10-12H,3-9H2,1-2H3,(H,16,18);8H,3-4H2,1-2H3,(H2,7,9). The zero-order valence-electron chi connectivity index (χ0n) is 18.2. The van der Waals surface area contributed by atoms with Crippen LogP contribution in [0, 0.1) is 23.2 Å². The molecule has 166 valence electrons. The summed E-state index contributed by atoms with van der Waals surface area (Å²) >= 11 is 0. The maximum Gasteiger partial charge on any atom is 0.233 e. The van der Waals surface area contributed by atoms with E-state index >= 15 is 0 Å². The third kappa shape index (κ3) is 8.51. The highest BCUT2D eigenvalue weighted by Crippen LogP contribution is 2.42. The van der Waals surface area contributed by atoms with E-state index in [0.29, 0.717) is 31.2 Å². The second kappa shape index (κ2) is 11.3. The first-order valence-electron chi connectivity index (χ1n) is 10.5. The summed E-state index contributed by atoms with van der Waals surface area (Å²) in [4.78, 5) is 47.4. The first kappa shape index (κ1) is 25.1. The summed E-state index contributed by atoms with van der Waals surface area (Å²) in [5.41, 5.74) is 4.45. The van der Waals surface area contributed by atoms with Crippen molar-refractivity contribution in [2.45, 2.75) is 66.2 Å². The van der Waals surface area contributed by atoms with Crippen LogP contribution in [0.2, 0.25) is 0 Å². The van der Waals surface area contributed by atoms with Gasteiger partial charge in [0.25, 0.3) is 0 Å². The number of aliphatic hydroxyl groups excluding tert-OH is 1. The Bertz CT molecular complexity index is 599. The largest absolute Gasteiger partial charge is 0.396 e. The zero-order chi connectivity index (χ0) is 22.2. The lowest BCUT2D eigenvalue weighted by atomic mass is 9.89. The Hall–Kier alpha value is -1.96. The van der Waals surface area contributed by atoms with Crippen molar-refractivity contribution in [3.63, 3.8) is 0 Å². The molecule has 0 spiro atoms. The summed E-state index contributed by atoms with van der Waals surface area (Å²) in [5.74, 6) is 0.242. The van der Waals surface area contributed by atoms with Crippen LogP contribution < -0.4 is 11.1 Å². The average molecular weight is 412 g/mol. The highest BCUT2D eigenvalue weighted by atomic mass is 16.3. The molecule has 4 N–H and O–H groups in total. The van der Waals surface area contributed by atoms with E-state index in [0.717, 1.165) is 19.3 Å². The lowest BCUT2D eigenvalue weighted by Gasteiger charge is -2.17. The molecule has 1 aliphatic carbocycles. The summed E-state index contributed by atoms with van der Waals surface area (Å²) in [5, 5.41) is 11.3. The summed E-state index contributed by atoms with van der Waals surface area (Å²) in [6.07, 6.45) is 4.06. The molecule has 2 aliphatic rings. The van der Waals surface area contributed by atoms with E-state index in [4.69, 9.17) is 10.8 Å². The molecule has 2 rings (SSSR count). The number of aliphatic hydroxyl groups is 1. The van der Waals surface area contributed by atoms with Crippen LogP contribution in [-0.4, -0.2) is 53.3 Å². The van der Waals surface area contributed by atoms with Gasteiger partial charge in [-0.25, -0.2) is 0 Å². The fraction of sp³-hybridized carbons (Fsp3) is 0.810. The Morgan fingerprint density at radius 1 is 1.28 bits per heavy atom. The number of carbonyl (C=O) groups excluding carboxylic acids is 4. The van der Waals surface area contributed by atoms with Gasteiger partial charge in [0.1, 0.15) is 0 Å². The third-order valence-corrected chi connectivity index (χ3v) is 5.48. The quantitative estimate of drug-likeness (QED) is 0.465. The Morgan fingerprint density at radius 3 is 2.34 bits per heavy atom. The van der Waals surface area contributed by atoms with E-state index in [-0.39, 0.29) is 49.1 Å². The van der Waals surface area contributed by atoms with Gasteiger partial charge in [0, 0.05) is 38.0 Å². The molecule has 4 amide bonds. The number of hydrogen-bond acceptors (Lipinski definition) is 5. The zero-order valence-corrected chi connectivity index (χ0v) is 18.2. The lowest BCUT2D eigenvalue weighted by molar-refractivity contribution is -0.139. The van der Waals surface area contributed by atoms with E-state index in [1.54, 1.807) is 13.8 Å². The number of nitrogens with zero attached hydrogens (tertiary/aromatic N) is 1. The maximum atomic E-state index is 12.1. The minimum Gasteiger partial charge on any atom is -0.396 e. The van der Waals surface area contributed by atoms with Crippen LogP contribution in [0.15, 0.2) is 0 Å². The smallest absolute Gasteiger partial charge is 0.233 e. The number of likely N-dealkylation sites (tertiary alicyclic amines) is 1. The second-order valence-corrected chi connectivity index (χ2v) is 9.04. The van der Waals surface area contributed by atoms with E-state index < -0.39 is 5.41 Å². The molecule has 1 atom stereocenters. The monoisotopic (exact) mass is 411 g/mol. The molecule has 8 nitrogen and oxygen atoms in total. The molecular formula is C21H37N3O5. The normalized spacial score (nSPS) is 19.2. The molecule has 1 saturated heterocycles. The highest BCUT2D eigenvalue weighted by molar-refractivity contribution is 6.04. The third-order valence-electron chi connectivity index (χ3n) is 5.48. The summed E-state index contributed by atoms with van der Waals surface area (Å²) in [6, 6.07) is 0. The van der Waals surface area contributed by atoms with Crippen molar-refractivity contribution in [3.8, 4) is 0 Å². The molecule has 29 heavy (non-hydrogen) atoms. The van der Waals surface area contributed by atoms with E-state index in [2.05, 4.69) is 19.2 Å². The van der Waals surface area contributed by atoms with Gasteiger partial charge in [-0.3, -0.25) is 24.1 Å². The van der Waals surface area contributed by atoms with Crippen LogP contribution >= 0.6 is 0 Å². The average Bonchev–Trinajstić information content (AvgIpc) is 3.40. The van der Waals surface area contributed by atoms with Gasteiger partial charge in [-0.2, -0.15) is 0 Å². The number of nitrogens with one attached hydrogen (secondary N) is 1. The Kier molecular flexibility index (Phi) is 9.76. The molecule has 0 radical (unpaired) electrons. The van der Waals surface area contributed by atoms with Crippen LogP contribution in [0.1, 0.15) is 66.2 Å². The molecule has 0 aromatic carbocycles. The number of nitrogens with two attached hydrogens (primary N) is 1. The Labute approximate surface area is 173 Å². The van der Waals surface area contributed by atoms with Crippen molar-refractivity contribution in [3.05, 3.63) is 0 Å². The summed E-state index contributed by atoms with van der Waals surface area (Å²) in [7, 11) is 0. The molecule has 8 heteroatoms. The van der Waals surface area contributed by atoms with Gasteiger partial charge in [-0.15, -0.1) is 0 Å². The fourth-order valence-electron chi connectivity index (χ4n) is 3.02. The molecule has 0 aromatic rings. The molecular weight excluding hydrogens is 374 g/mol. The van der Waals surface area contributed by atoms with Gasteiger partial charge >= 0.3 is 0 Å². The van der Waals surface area contributed by atoms with E-state index in [1.165, 1.54) is 4.90 Å². The number of primary amides is 1. The lowest BCUT2D eigenvalue weighted by Crippen LogP contribution is -2.35. The van der Waals surface area contributed by atoms with Crippen molar-refractivity contribution < 1.29 is 24.3 Å². The van der Waals surface area contributed by atoms with Crippen molar-refractivity contribution in [1.29, 1.82) is 0 Å². The molecule has 1 saturated carbocycles. The Balaban J connectivity index is 0.000000396. The number of rotatable bonds is 10. The molecule has 0 aromatic heterocycles. The van der Waals surface area contributed by atoms with Crippen molar-refractivity contribution in [2.24, 2.45) is 28.9 Å². The number of imide groups is 1. The van der Waals surface area contributed by atoms with Crippen LogP contribution in [-0.2, 0) is 19.2 Å². The predicted molar refractivity (Wildman–Crippen MR) is 109 cm³/mol. The first-order valence-corrected chi connectivity index (χ1v) is 10.5. The van der Waals surface area contributed by atoms with Crippen LogP contribution in [0.3, 0.4) is 0 Å². The molecule has 0 bridgehead atoms. The van der Waals surface area contributed by atoms with Gasteiger partial charge in [-0.1, -0.05) is 27.7 Å². The van der Waals surface area contributed by atoms with E-state index in [1.807, 2.05) is 0 Å². The van der Waals surface area contributed by atoms with Crippen molar-refractivity contribution >= 4 is 23.6 Å². The molecule has 1 aliphatic heterocycles. The predicted octanol–water partition coefficient (Wildman–Crippen LogP) is 1.20. The highest BCUT2D eigenvalue weighted by Gasteiger charge is 2.46. The molecule has 1 heterocycles. The number of amides is 4. The summed E-state index contributed by atoms with van der Waals surface area (Å²) < 4.78 is 0. The SMILES string of the molecule is CC(C)(CCO)C(N)=O.CC(C)CCNC(=O)CCN1C(=O)CC(C2CC2)C1=O. The van der Waals surface area contributed by atoms with Gasteiger partial charge in [0.15, 0.2) is 0 Å². The Morgan fingerprint density at radius 2 is 1.90 bits per heavy atom. The van der Waals surface area contributed by atoms with Crippen LogP contribution in [0.25, 0.3) is 0 Å². The van der Waals surface area contributed by atoms with Crippen LogP contribution in [0.5, 0.6) is 0 Å². The number of hydrogen-bond donors (Lipinski definition) is 3. The van der Waals surface area contributed by atoms with Gasteiger partial charge in [0.2, 0.25) is 23.6 Å². The molecule has 2 fully saturated rings. The fourth-order valence-corrected chi connectivity index (χ4v) is 3.02. The minimum atomic E-state index is -0.561. The van der Waals surface area contributed by atoms with Crippen molar-refractivity contribution in [1.82, 2.24) is 10.2 Å². The van der Waals surface area contributed by atoms with Crippen molar-refractivity contribution in [2.75, 3.05) is 19.7 Å². The maximum absolute atomic E-state index is 12.1. The first-order chi connectivity index (χ1) is 13.5. The molecule has 1 unspecified atom stereocenters. The number of carbonyl (C=O) groups is 4. The summed E-state index contributed by atoms with van der Waals surface area (Å²) in [6.45, 7) is 8.53. The van der Waals surface area contributed by atoms with Crippen LogP contribution in [0.4, 0.5) is 0 Å². The topological polar surface area (TPSA) is 130 Å². The van der Waals surface area contributed by atoms with Gasteiger partial charge in [0.05, 0.1) is 5.92 Å².